The van der Waals surface area contributed by atoms with Gasteiger partial charge in [-0.25, -0.2) is 9.38 Å². The molecular formula is C31H24BrFN2O4S. The summed E-state index contributed by atoms with van der Waals surface area (Å²) in [6.07, 6.45) is 3.38. The van der Waals surface area contributed by atoms with Crippen molar-refractivity contribution in [2.45, 2.75) is 32.7 Å². The molecule has 4 aromatic rings. The molecule has 40 heavy (non-hydrogen) atoms. The average Bonchev–Trinajstić information content (AvgIpc) is 3.24. The molecule has 0 saturated heterocycles. The van der Waals surface area contributed by atoms with Crippen molar-refractivity contribution in [2.24, 2.45) is 4.99 Å². The van der Waals surface area contributed by atoms with Crippen LogP contribution < -0.4 is 24.4 Å². The van der Waals surface area contributed by atoms with Gasteiger partial charge in [0, 0.05) is 12.5 Å². The number of rotatable bonds is 5. The molecule has 1 aliphatic carbocycles. The van der Waals surface area contributed by atoms with Crippen molar-refractivity contribution in [3.8, 4) is 11.5 Å². The number of fused-ring (bicyclic) bond motifs is 3. The zero-order valence-electron chi connectivity index (χ0n) is 21.7. The average molecular weight is 620 g/mol. The number of aryl methyl sites for hydroxylation is 1. The Morgan fingerprint density at radius 1 is 1.18 bits per heavy atom. The predicted molar refractivity (Wildman–Crippen MR) is 156 cm³/mol. The number of nitrogens with zero attached hydrogens (tertiary/aromatic N) is 2. The zero-order valence-corrected chi connectivity index (χ0v) is 24.1. The highest BCUT2D eigenvalue weighted by atomic mass is 79.9. The maximum absolute atomic E-state index is 14.0. The molecule has 6 rings (SSSR count). The molecule has 1 aliphatic heterocycles. The van der Waals surface area contributed by atoms with E-state index in [1.165, 1.54) is 36.0 Å². The van der Waals surface area contributed by atoms with E-state index in [4.69, 9.17) is 14.5 Å². The molecule has 0 amide bonds. The first-order valence-electron chi connectivity index (χ1n) is 12.9. The van der Waals surface area contributed by atoms with E-state index < -0.39 is 5.97 Å². The van der Waals surface area contributed by atoms with E-state index in [0.717, 1.165) is 35.2 Å². The third kappa shape index (κ3) is 4.73. The molecule has 202 valence electrons. The van der Waals surface area contributed by atoms with Gasteiger partial charge in [0.2, 0.25) is 0 Å². The number of aromatic nitrogens is 1. The summed E-state index contributed by atoms with van der Waals surface area (Å²) in [7, 11) is 0. The van der Waals surface area contributed by atoms with Gasteiger partial charge in [-0.15, -0.1) is 0 Å². The predicted octanol–water partition coefficient (Wildman–Crippen LogP) is 5.54. The fourth-order valence-electron chi connectivity index (χ4n) is 5.30. The summed E-state index contributed by atoms with van der Waals surface area (Å²) >= 11 is 4.78. The van der Waals surface area contributed by atoms with E-state index in [1.807, 2.05) is 19.1 Å². The van der Waals surface area contributed by atoms with Gasteiger partial charge in [-0.2, -0.15) is 0 Å². The van der Waals surface area contributed by atoms with Crippen molar-refractivity contribution < 1.29 is 18.7 Å². The number of thiazole rings is 1. The van der Waals surface area contributed by atoms with Gasteiger partial charge in [0.15, 0.2) is 16.3 Å². The Morgan fingerprint density at radius 2 is 1.95 bits per heavy atom. The minimum absolute atomic E-state index is 0.179. The molecule has 9 heteroatoms. The number of ether oxygens (including phenoxy) is 2. The van der Waals surface area contributed by atoms with Crippen LogP contribution in [0.25, 0.3) is 11.8 Å². The van der Waals surface area contributed by atoms with E-state index >= 15 is 0 Å². The van der Waals surface area contributed by atoms with E-state index in [2.05, 4.69) is 28.1 Å². The molecule has 0 saturated carbocycles. The van der Waals surface area contributed by atoms with Crippen LogP contribution in [0.3, 0.4) is 0 Å². The number of carbonyl (C=O) groups is 1. The quantitative estimate of drug-likeness (QED) is 0.217. The Hall–Kier alpha value is -3.82. The SMILES string of the molecule is CCOc1cc(/C=c2/sc3n(c2=O)[C@@H](c2ccc(F)cc2)C2=C(N=3)c3ccccc3CC2)cc(Br)c1OC(C)=O. The Kier molecular flexibility index (Phi) is 7.02. The lowest BCUT2D eigenvalue weighted by Gasteiger charge is -2.30. The van der Waals surface area contributed by atoms with E-state index in [9.17, 15) is 14.0 Å². The van der Waals surface area contributed by atoms with Gasteiger partial charge in [-0.1, -0.05) is 47.7 Å². The maximum atomic E-state index is 14.0. The van der Waals surface area contributed by atoms with Crippen LogP contribution in [-0.2, 0) is 11.2 Å². The topological polar surface area (TPSA) is 69.9 Å². The van der Waals surface area contributed by atoms with Crippen LogP contribution >= 0.6 is 27.3 Å². The van der Waals surface area contributed by atoms with E-state index in [0.29, 0.717) is 31.7 Å². The highest BCUT2D eigenvalue weighted by Gasteiger charge is 2.32. The van der Waals surface area contributed by atoms with Crippen LogP contribution in [0.2, 0.25) is 0 Å². The first kappa shape index (κ1) is 26.4. The number of hydrogen-bond donors (Lipinski definition) is 0. The zero-order chi connectivity index (χ0) is 28.0. The van der Waals surface area contributed by atoms with Crippen molar-refractivity contribution in [2.75, 3.05) is 6.61 Å². The molecule has 0 radical (unpaired) electrons. The molecule has 1 atom stereocenters. The summed E-state index contributed by atoms with van der Waals surface area (Å²) in [4.78, 5) is 31.2. The largest absolute Gasteiger partial charge is 0.490 e. The Labute approximate surface area is 241 Å². The molecule has 0 bridgehead atoms. The molecule has 6 nitrogen and oxygen atoms in total. The third-order valence-corrected chi connectivity index (χ3v) is 8.51. The van der Waals surface area contributed by atoms with E-state index in [-0.39, 0.29) is 23.2 Å². The minimum Gasteiger partial charge on any atom is -0.490 e. The normalized spacial score (nSPS) is 16.1. The Morgan fingerprint density at radius 3 is 2.70 bits per heavy atom. The summed E-state index contributed by atoms with van der Waals surface area (Å²) < 4.78 is 27.7. The van der Waals surface area contributed by atoms with Crippen molar-refractivity contribution >= 4 is 45.0 Å². The summed E-state index contributed by atoms with van der Waals surface area (Å²) in [6, 6.07) is 17.7. The van der Waals surface area contributed by atoms with Gasteiger partial charge < -0.3 is 9.47 Å². The van der Waals surface area contributed by atoms with Crippen LogP contribution in [0.1, 0.15) is 48.6 Å². The Balaban J connectivity index is 1.55. The first-order valence-corrected chi connectivity index (χ1v) is 14.5. The molecule has 0 unspecified atom stereocenters. The highest BCUT2D eigenvalue weighted by molar-refractivity contribution is 9.10. The fourth-order valence-corrected chi connectivity index (χ4v) is 6.84. The Bertz CT molecular complexity index is 1870. The van der Waals surface area contributed by atoms with Gasteiger partial charge in [-0.3, -0.25) is 14.2 Å². The van der Waals surface area contributed by atoms with Crippen molar-refractivity contribution in [1.82, 2.24) is 4.57 Å². The lowest BCUT2D eigenvalue weighted by atomic mass is 9.83. The monoisotopic (exact) mass is 618 g/mol. The van der Waals surface area contributed by atoms with Gasteiger partial charge >= 0.3 is 5.97 Å². The second-order valence-corrected chi connectivity index (χ2v) is 11.4. The summed E-state index contributed by atoms with van der Waals surface area (Å²) in [5.74, 6) is -0.112. The lowest BCUT2D eigenvalue weighted by molar-refractivity contribution is -0.132. The maximum Gasteiger partial charge on any atom is 0.308 e. The van der Waals surface area contributed by atoms with E-state index in [1.54, 1.807) is 34.9 Å². The van der Waals surface area contributed by atoms with Crippen LogP contribution in [-0.4, -0.2) is 17.1 Å². The molecular weight excluding hydrogens is 595 g/mol. The van der Waals surface area contributed by atoms with Gasteiger partial charge in [0.05, 0.1) is 27.4 Å². The van der Waals surface area contributed by atoms with Crippen LogP contribution in [0, 0.1) is 5.82 Å². The molecule has 3 aromatic carbocycles. The van der Waals surface area contributed by atoms with Gasteiger partial charge in [0.25, 0.3) is 5.56 Å². The summed E-state index contributed by atoms with van der Waals surface area (Å²) in [6.45, 7) is 3.54. The highest BCUT2D eigenvalue weighted by Crippen LogP contribution is 2.41. The molecule has 0 fully saturated rings. The number of esters is 1. The molecule has 2 heterocycles. The van der Waals surface area contributed by atoms with Gasteiger partial charge in [-0.05, 0) is 88.3 Å². The lowest BCUT2D eigenvalue weighted by Crippen LogP contribution is -2.38. The van der Waals surface area contributed by atoms with Crippen molar-refractivity contribution in [1.29, 1.82) is 0 Å². The first-order chi connectivity index (χ1) is 19.3. The second-order valence-electron chi connectivity index (χ2n) is 9.52. The van der Waals surface area contributed by atoms with Crippen molar-refractivity contribution in [3.05, 3.63) is 118 Å². The summed E-state index contributed by atoms with van der Waals surface area (Å²) in [5, 5.41) is 0. The van der Waals surface area contributed by atoms with Crippen LogP contribution in [0.15, 0.2) is 80.5 Å². The molecule has 0 spiro atoms. The minimum atomic E-state index is -0.464. The molecule has 0 N–H and O–H groups in total. The fraction of sp³-hybridized carbons (Fsp3) is 0.194. The smallest absolute Gasteiger partial charge is 0.308 e. The third-order valence-electron chi connectivity index (χ3n) is 6.93. The summed E-state index contributed by atoms with van der Waals surface area (Å²) in [5.41, 5.74) is 5.59. The van der Waals surface area contributed by atoms with Crippen LogP contribution in [0.4, 0.5) is 4.39 Å². The van der Waals surface area contributed by atoms with Crippen molar-refractivity contribution in [3.63, 3.8) is 0 Å². The molecule has 2 aliphatic rings. The number of benzene rings is 3. The number of hydrogen-bond acceptors (Lipinski definition) is 6. The number of allylic oxidation sites excluding steroid dienone is 1. The van der Waals surface area contributed by atoms with Crippen LogP contribution in [0.5, 0.6) is 11.5 Å². The number of halogens is 2. The van der Waals surface area contributed by atoms with Gasteiger partial charge in [0.1, 0.15) is 5.82 Å². The number of carbonyl (C=O) groups excluding carboxylic acids is 1. The standard InChI is InChI=1S/C31H24BrFN2O4S/c1-3-38-25-15-18(14-24(32)29(25)39-17(2)36)16-26-30(37)35-28(20-8-11-21(33)12-9-20)23-13-10-19-6-4-5-7-22(19)27(23)34-31(35)40-26/h4-9,11-12,14-16,28H,3,10,13H2,1-2H3/b26-16+/t28-/m0/s1. The second kappa shape index (κ2) is 10.6. The molecule has 1 aromatic heterocycles.